The fourth-order valence-corrected chi connectivity index (χ4v) is 3.35. The van der Waals surface area contributed by atoms with Gasteiger partial charge in [0, 0.05) is 30.3 Å². The third-order valence-corrected chi connectivity index (χ3v) is 4.80. The van der Waals surface area contributed by atoms with Crippen LogP contribution < -0.4 is 10.1 Å². The predicted octanol–water partition coefficient (Wildman–Crippen LogP) is 3.54. The molecule has 0 saturated heterocycles. The Kier molecular flexibility index (Phi) is 5.97. The van der Waals surface area contributed by atoms with Crippen LogP contribution in [0.25, 0.3) is 16.6 Å². The number of methoxy groups -OCH3 is 1. The van der Waals surface area contributed by atoms with Gasteiger partial charge in [0.1, 0.15) is 18.4 Å². The highest BCUT2D eigenvalue weighted by atomic mass is 35.5. The summed E-state index contributed by atoms with van der Waals surface area (Å²) in [6.45, 7) is 1.21. The third-order valence-electron chi connectivity index (χ3n) is 4.57. The van der Waals surface area contributed by atoms with Gasteiger partial charge in [-0.15, -0.1) is 0 Å². The standard InChI is InChI=1S/C21H20ClN5O3/c1-29-10-9-26-8-7-16-18(26)3-2-4-20(16)30-12-21(28)25-17-11-15(22)5-6-19(17)27-14-23-13-24-27/h2-8,11,13-14H,9-10,12H2,1H3,(H,25,28). The highest BCUT2D eigenvalue weighted by Gasteiger charge is 2.12. The molecular formula is C21H20ClN5O3. The minimum Gasteiger partial charge on any atom is -0.483 e. The number of hydrogen-bond donors (Lipinski definition) is 1. The van der Waals surface area contributed by atoms with E-state index >= 15 is 0 Å². The van der Waals surface area contributed by atoms with Crippen molar-refractivity contribution < 1.29 is 14.3 Å². The molecule has 0 radical (unpaired) electrons. The molecule has 2 aromatic carbocycles. The number of rotatable bonds is 8. The number of fused-ring (bicyclic) bond motifs is 1. The van der Waals surface area contributed by atoms with Crippen molar-refractivity contribution >= 4 is 34.1 Å². The second kappa shape index (κ2) is 8.98. The molecule has 4 aromatic rings. The number of aromatic nitrogens is 4. The first-order valence-electron chi connectivity index (χ1n) is 9.29. The number of carbonyl (C=O) groups is 1. The van der Waals surface area contributed by atoms with Crippen LogP contribution in [-0.2, 0) is 16.1 Å². The number of benzene rings is 2. The minimum atomic E-state index is -0.311. The van der Waals surface area contributed by atoms with E-state index in [2.05, 4.69) is 20.0 Å². The summed E-state index contributed by atoms with van der Waals surface area (Å²) in [6, 6.07) is 12.9. The second-order valence-electron chi connectivity index (χ2n) is 6.53. The molecule has 4 rings (SSSR count). The van der Waals surface area contributed by atoms with Crippen LogP contribution >= 0.6 is 11.6 Å². The number of amides is 1. The fraction of sp³-hybridized carbons (Fsp3) is 0.190. The lowest BCUT2D eigenvalue weighted by molar-refractivity contribution is -0.118. The summed E-state index contributed by atoms with van der Waals surface area (Å²) in [6.07, 6.45) is 4.94. The van der Waals surface area contributed by atoms with E-state index in [4.69, 9.17) is 21.1 Å². The van der Waals surface area contributed by atoms with Crippen LogP contribution in [0.3, 0.4) is 0 Å². The second-order valence-corrected chi connectivity index (χ2v) is 6.97. The van der Waals surface area contributed by atoms with Crippen molar-refractivity contribution in [3.8, 4) is 11.4 Å². The van der Waals surface area contributed by atoms with Gasteiger partial charge in [-0.1, -0.05) is 17.7 Å². The Morgan fingerprint density at radius 1 is 1.23 bits per heavy atom. The van der Waals surface area contributed by atoms with Gasteiger partial charge in [0.05, 0.1) is 23.5 Å². The molecule has 154 valence electrons. The van der Waals surface area contributed by atoms with E-state index in [0.717, 1.165) is 17.4 Å². The smallest absolute Gasteiger partial charge is 0.262 e. The van der Waals surface area contributed by atoms with Gasteiger partial charge >= 0.3 is 0 Å². The molecule has 0 aliphatic heterocycles. The van der Waals surface area contributed by atoms with Gasteiger partial charge in [0.15, 0.2) is 6.61 Å². The van der Waals surface area contributed by atoms with Gasteiger partial charge in [-0.2, -0.15) is 5.10 Å². The average Bonchev–Trinajstić information content (AvgIpc) is 3.41. The molecule has 0 aliphatic carbocycles. The van der Waals surface area contributed by atoms with Crippen LogP contribution in [0.15, 0.2) is 61.3 Å². The number of anilines is 1. The number of nitrogens with zero attached hydrogens (tertiary/aromatic N) is 4. The summed E-state index contributed by atoms with van der Waals surface area (Å²) in [4.78, 5) is 16.5. The fourth-order valence-electron chi connectivity index (χ4n) is 3.18. The molecule has 0 fully saturated rings. The van der Waals surface area contributed by atoms with Crippen LogP contribution in [0.4, 0.5) is 5.69 Å². The zero-order chi connectivity index (χ0) is 20.9. The lowest BCUT2D eigenvalue weighted by Gasteiger charge is -2.12. The van der Waals surface area contributed by atoms with Crippen molar-refractivity contribution in [3.63, 3.8) is 0 Å². The molecule has 2 aromatic heterocycles. The van der Waals surface area contributed by atoms with Crippen molar-refractivity contribution in [2.45, 2.75) is 6.54 Å². The average molecular weight is 426 g/mol. The Balaban J connectivity index is 1.47. The first-order valence-corrected chi connectivity index (χ1v) is 9.67. The van der Waals surface area contributed by atoms with Gasteiger partial charge in [0.25, 0.3) is 5.91 Å². The third kappa shape index (κ3) is 4.29. The number of halogens is 1. The topological polar surface area (TPSA) is 83.2 Å². The maximum atomic E-state index is 12.6. The summed E-state index contributed by atoms with van der Waals surface area (Å²) in [5.41, 5.74) is 2.20. The number of ether oxygens (including phenoxy) is 2. The van der Waals surface area contributed by atoms with Crippen molar-refractivity contribution in [2.24, 2.45) is 0 Å². The molecule has 2 heterocycles. The van der Waals surface area contributed by atoms with E-state index in [1.165, 1.54) is 6.33 Å². The predicted molar refractivity (Wildman–Crippen MR) is 114 cm³/mol. The molecule has 0 atom stereocenters. The Morgan fingerprint density at radius 3 is 2.93 bits per heavy atom. The molecule has 0 aliphatic rings. The van der Waals surface area contributed by atoms with E-state index < -0.39 is 0 Å². The molecule has 8 nitrogen and oxygen atoms in total. The zero-order valence-corrected chi connectivity index (χ0v) is 17.0. The first-order chi connectivity index (χ1) is 14.7. The van der Waals surface area contributed by atoms with Gasteiger partial charge in [-0.25, -0.2) is 9.67 Å². The minimum absolute atomic E-state index is 0.147. The Labute approximate surface area is 178 Å². The summed E-state index contributed by atoms with van der Waals surface area (Å²) < 4.78 is 14.6. The van der Waals surface area contributed by atoms with Crippen molar-refractivity contribution in [1.29, 1.82) is 0 Å². The van der Waals surface area contributed by atoms with Crippen molar-refractivity contribution in [3.05, 3.63) is 66.3 Å². The normalized spacial score (nSPS) is 11.0. The highest BCUT2D eigenvalue weighted by molar-refractivity contribution is 6.31. The Morgan fingerprint density at radius 2 is 2.13 bits per heavy atom. The molecule has 0 spiro atoms. The molecule has 0 unspecified atom stereocenters. The Hall–Kier alpha value is -3.36. The molecule has 1 amide bonds. The van der Waals surface area contributed by atoms with Gasteiger partial charge in [0.2, 0.25) is 0 Å². The first kappa shape index (κ1) is 19.9. The molecule has 9 heteroatoms. The number of nitrogens with one attached hydrogen (secondary N) is 1. The van der Waals surface area contributed by atoms with Crippen molar-refractivity contribution in [2.75, 3.05) is 25.6 Å². The van der Waals surface area contributed by atoms with E-state index in [9.17, 15) is 4.79 Å². The number of carbonyl (C=O) groups excluding carboxylic acids is 1. The maximum Gasteiger partial charge on any atom is 0.262 e. The van der Waals surface area contributed by atoms with Gasteiger partial charge in [-0.05, 0) is 36.4 Å². The summed E-state index contributed by atoms with van der Waals surface area (Å²) in [5, 5.41) is 8.37. The van der Waals surface area contributed by atoms with Crippen LogP contribution in [-0.4, -0.2) is 45.6 Å². The molecule has 1 N–H and O–H groups in total. The lowest BCUT2D eigenvalue weighted by atomic mass is 10.2. The van der Waals surface area contributed by atoms with E-state index in [1.54, 1.807) is 36.3 Å². The van der Waals surface area contributed by atoms with Crippen LogP contribution in [0.5, 0.6) is 5.75 Å². The van der Waals surface area contributed by atoms with Gasteiger partial charge in [-0.3, -0.25) is 4.79 Å². The molecule has 0 saturated carbocycles. The van der Waals surface area contributed by atoms with E-state index in [-0.39, 0.29) is 12.5 Å². The van der Waals surface area contributed by atoms with E-state index in [0.29, 0.717) is 28.8 Å². The van der Waals surface area contributed by atoms with Gasteiger partial charge < -0.3 is 19.4 Å². The largest absolute Gasteiger partial charge is 0.483 e. The summed E-state index contributed by atoms with van der Waals surface area (Å²) >= 11 is 6.10. The SMILES string of the molecule is COCCn1ccc2c(OCC(=O)Nc3cc(Cl)ccc3-n3cncn3)cccc21. The highest BCUT2D eigenvalue weighted by Crippen LogP contribution is 2.27. The summed E-state index contributed by atoms with van der Waals surface area (Å²) in [7, 11) is 1.67. The Bertz CT molecular complexity index is 1160. The quantitative estimate of drug-likeness (QED) is 0.467. The molecule has 30 heavy (non-hydrogen) atoms. The summed E-state index contributed by atoms with van der Waals surface area (Å²) in [5.74, 6) is 0.330. The lowest BCUT2D eigenvalue weighted by Crippen LogP contribution is -2.21. The maximum absolute atomic E-state index is 12.6. The van der Waals surface area contributed by atoms with E-state index in [1.807, 2.05) is 30.5 Å². The van der Waals surface area contributed by atoms with Crippen LogP contribution in [0.1, 0.15) is 0 Å². The monoisotopic (exact) mass is 425 g/mol. The van der Waals surface area contributed by atoms with Crippen molar-refractivity contribution in [1.82, 2.24) is 19.3 Å². The molecular weight excluding hydrogens is 406 g/mol. The molecule has 0 bridgehead atoms. The number of hydrogen-bond acceptors (Lipinski definition) is 5. The van der Waals surface area contributed by atoms with Crippen LogP contribution in [0, 0.1) is 0 Å². The zero-order valence-electron chi connectivity index (χ0n) is 16.3. The van der Waals surface area contributed by atoms with Crippen LogP contribution in [0.2, 0.25) is 5.02 Å².